The minimum atomic E-state index is 0.773. The number of aromatic nitrogens is 2. The Morgan fingerprint density at radius 2 is 2.00 bits per heavy atom. The van der Waals surface area contributed by atoms with Gasteiger partial charge < -0.3 is 0 Å². The summed E-state index contributed by atoms with van der Waals surface area (Å²) in [7, 11) is 2.08. The summed E-state index contributed by atoms with van der Waals surface area (Å²) in [4.78, 5) is 2.70. The molecule has 0 atom stereocenters. The lowest BCUT2D eigenvalue weighted by atomic mass is 10.1. The SMILES string of the molecule is CCc1nn(C)c(CN(CCC(C)C)C2CCCC2)c1Br. The normalized spacial score (nSPS) is 16.5. The van der Waals surface area contributed by atoms with Gasteiger partial charge in [0.25, 0.3) is 0 Å². The van der Waals surface area contributed by atoms with Gasteiger partial charge >= 0.3 is 0 Å². The van der Waals surface area contributed by atoms with E-state index in [1.54, 1.807) is 0 Å². The molecule has 1 aliphatic carbocycles. The van der Waals surface area contributed by atoms with Gasteiger partial charge in [-0.25, -0.2) is 0 Å². The molecule has 1 aromatic heterocycles. The molecule has 0 amide bonds. The summed E-state index contributed by atoms with van der Waals surface area (Å²) in [6, 6.07) is 0.774. The predicted molar refractivity (Wildman–Crippen MR) is 92.4 cm³/mol. The first-order valence-corrected chi connectivity index (χ1v) is 9.26. The maximum atomic E-state index is 4.65. The molecule has 2 rings (SSSR count). The van der Waals surface area contributed by atoms with E-state index < -0.39 is 0 Å². The second-order valence-electron chi connectivity index (χ2n) is 6.78. The standard InChI is InChI=1S/C17H30BrN3/c1-5-15-17(18)16(20(4)19-15)12-21(11-10-13(2)3)14-8-6-7-9-14/h13-14H,5-12H2,1-4H3. The van der Waals surface area contributed by atoms with Crippen LogP contribution in [0.15, 0.2) is 4.47 Å². The zero-order valence-electron chi connectivity index (χ0n) is 14.0. The predicted octanol–water partition coefficient (Wildman–Crippen LogP) is 4.54. The number of halogens is 1. The van der Waals surface area contributed by atoms with E-state index in [1.807, 2.05) is 0 Å². The van der Waals surface area contributed by atoms with Crippen LogP contribution < -0.4 is 0 Å². The van der Waals surface area contributed by atoms with E-state index in [0.717, 1.165) is 24.9 Å². The Morgan fingerprint density at radius 1 is 1.33 bits per heavy atom. The van der Waals surface area contributed by atoms with Crippen molar-refractivity contribution in [3.8, 4) is 0 Å². The number of nitrogens with zero attached hydrogens (tertiary/aromatic N) is 3. The van der Waals surface area contributed by atoms with Crippen molar-refractivity contribution in [2.24, 2.45) is 13.0 Å². The molecule has 0 spiro atoms. The van der Waals surface area contributed by atoms with E-state index in [4.69, 9.17) is 0 Å². The quantitative estimate of drug-likeness (QED) is 0.715. The summed E-state index contributed by atoms with van der Waals surface area (Å²) in [5.41, 5.74) is 2.52. The van der Waals surface area contributed by atoms with E-state index in [0.29, 0.717) is 0 Å². The summed E-state index contributed by atoms with van der Waals surface area (Å²) >= 11 is 3.77. The number of aryl methyl sites for hydroxylation is 2. The van der Waals surface area contributed by atoms with Crippen LogP contribution in [0.1, 0.15) is 64.3 Å². The van der Waals surface area contributed by atoms with Crippen molar-refractivity contribution in [3.05, 3.63) is 15.9 Å². The van der Waals surface area contributed by atoms with Crippen LogP contribution in [0.5, 0.6) is 0 Å². The first kappa shape index (κ1) is 17.0. The maximum absolute atomic E-state index is 4.65. The summed E-state index contributed by atoms with van der Waals surface area (Å²) < 4.78 is 3.29. The number of hydrogen-bond donors (Lipinski definition) is 0. The Labute approximate surface area is 138 Å². The molecular formula is C17H30BrN3. The third kappa shape index (κ3) is 4.32. The molecule has 0 aliphatic heterocycles. The molecule has 0 aromatic carbocycles. The van der Waals surface area contributed by atoms with E-state index in [9.17, 15) is 0 Å². The highest BCUT2D eigenvalue weighted by atomic mass is 79.9. The highest BCUT2D eigenvalue weighted by Gasteiger charge is 2.25. The molecule has 120 valence electrons. The Morgan fingerprint density at radius 3 is 2.52 bits per heavy atom. The van der Waals surface area contributed by atoms with Crippen LogP contribution in [0.3, 0.4) is 0 Å². The molecule has 4 heteroatoms. The zero-order valence-corrected chi connectivity index (χ0v) is 15.6. The molecule has 1 heterocycles. The molecule has 0 unspecified atom stereocenters. The van der Waals surface area contributed by atoms with Crippen LogP contribution in [0.2, 0.25) is 0 Å². The Bertz CT molecular complexity index is 447. The molecule has 0 radical (unpaired) electrons. The van der Waals surface area contributed by atoms with Crippen LogP contribution in [-0.4, -0.2) is 27.3 Å². The van der Waals surface area contributed by atoms with Gasteiger partial charge in [-0.05, 0) is 54.1 Å². The van der Waals surface area contributed by atoms with Crippen molar-refractivity contribution >= 4 is 15.9 Å². The fourth-order valence-corrected chi connectivity index (χ4v) is 4.01. The minimum Gasteiger partial charge on any atom is -0.295 e. The fraction of sp³-hybridized carbons (Fsp3) is 0.824. The molecule has 3 nitrogen and oxygen atoms in total. The van der Waals surface area contributed by atoms with Crippen molar-refractivity contribution in [3.63, 3.8) is 0 Å². The number of rotatable bonds is 7. The lowest BCUT2D eigenvalue weighted by Crippen LogP contribution is -2.35. The summed E-state index contributed by atoms with van der Waals surface area (Å²) in [5.74, 6) is 0.773. The topological polar surface area (TPSA) is 21.1 Å². The van der Waals surface area contributed by atoms with Gasteiger partial charge in [0, 0.05) is 19.6 Å². The lowest BCUT2D eigenvalue weighted by Gasteiger charge is -2.29. The van der Waals surface area contributed by atoms with E-state index in [1.165, 1.54) is 54.5 Å². The van der Waals surface area contributed by atoms with Gasteiger partial charge in [0.05, 0.1) is 15.9 Å². The van der Waals surface area contributed by atoms with Crippen molar-refractivity contribution in [1.29, 1.82) is 0 Å². The van der Waals surface area contributed by atoms with E-state index in [-0.39, 0.29) is 0 Å². The van der Waals surface area contributed by atoms with Crippen molar-refractivity contribution < 1.29 is 0 Å². The molecule has 0 N–H and O–H groups in total. The highest BCUT2D eigenvalue weighted by Crippen LogP contribution is 2.28. The third-order valence-corrected chi connectivity index (χ3v) is 5.61. The third-order valence-electron chi connectivity index (χ3n) is 4.69. The van der Waals surface area contributed by atoms with Crippen LogP contribution in [0.25, 0.3) is 0 Å². The zero-order chi connectivity index (χ0) is 15.4. The van der Waals surface area contributed by atoms with Gasteiger partial charge in [-0.15, -0.1) is 0 Å². The Hall–Kier alpha value is -0.350. The summed E-state index contributed by atoms with van der Waals surface area (Å²) in [5, 5.41) is 4.65. The molecule has 1 aromatic rings. The van der Waals surface area contributed by atoms with E-state index in [2.05, 4.69) is 58.4 Å². The first-order valence-electron chi connectivity index (χ1n) is 8.47. The monoisotopic (exact) mass is 355 g/mol. The average molecular weight is 356 g/mol. The Balaban J connectivity index is 2.11. The molecular weight excluding hydrogens is 326 g/mol. The second-order valence-corrected chi connectivity index (χ2v) is 7.57. The Kier molecular flexibility index (Phi) is 6.30. The second kappa shape index (κ2) is 7.77. The fourth-order valence-electron chi connectivity index (χ4n) is 3.27. The van der Waals surface area contributed by atoms with Crippen LogP contribution in [-0.2, 0) is 20.0 Å². The molecule has 0 saturated heterocycles. The van der Waals surface area contributed by atoms with Gasteiger partial charge in [-0.3, -0.25) is 9.58 Å². The van der Waals surface area contributed by atoms with Gasteiger partial charge in [0.15, 0.2) is 0 Å². The number of hydrogen-bond acceptors (Lipinski definition) is 2. The van der Waals surface area contributed by atoms with Gasteiger partial charge in [0.1, 0.15) is 0 Å². The molecule has 1 saturated carbocycles. The lowest BCUT2D eigenvalue weighted by molar-refractivity contribution is 0.175. The largest absolute Gasteiger partial charge is 0.295 e. The smallest absolute Gasteiger partial charge is 0.0767 e. The molecule has 21 heavy (non-hydrogen) atoms. The van der Waals surface area contributed by atoms with E-state index >= 15 is 0 Å². The maximum Gasteiger partial charge on any atom is 0.0767 e. The van der Waals surface area contributed by atoms with Crippen LogP contribution >= 0.6 is 15.9 Å². The van der Waals surface area contributed by atoms with Crippen molar-refractivity contribution in [2.45, 2.75) is 71.9 Å². The van der Waals surface area contributed by atoms with Gasteiger partial charge in [0.2, 0.25) is 0 Å². The molecule has 1 aliphatic rings. The highest BCUT2D eigenvalue weighted by molar-refractivity contribution is 9.10. The van der Waals surface area contributed by atoms with Crippen molar-refractivity contribution in [2.75, 3.05) is 6.54 Å². The minimum absolute atomic E-state index is 0.773. The molecule has 0 bridgehead atoms. The van der Waals surface area contributed by atoms with Crippen LogP contribution in [0, 0.1) is 5.92 Å². The average Bonchev–Trinajstić information content (AvgIpc) is 3.05. The summed E-state index contributed by atoms with van der Waals surface area (Å²) in [6.07, 6.45) is 7.81. The van der Waals surface area contributed by atoms with Crippen molar-refractivity contribution in [1.82, 2.24) is 14.7 Å². The van der Waals surface area contributed by atoms with Crippen LogP contribution in [0.4, 0.5) is 0 Å². The van der Waals surface area contributed by atoms with Gasteiger partial charge in [-0.1, -0.05) is 33.6 Å². The first-order chi connectivity index (χ1) is 10.0. The summed E-state index contributed by atoms with van der Waals surface area (Å²) in [6.45, 7) is 9.05. The molecule has 1 fully saturated rings. The van der Waals surface area contributed by atoms with Gasteiger partial charge in [-0.2, -0.15) is 5.10 Å².